The Kier molecular flexibility index (Phi) is 1.20. The van der Waals surface area contributed by atoms with Crippen LogP contribution in [0.25, 0.3) is 0 Å². The van der Waals surface area contributed by atoms with Gasteiger partial charge in [0.2, 0.25) is 0 Å². The van der Waals surface area contributed by atoms with Crippen LogP contribution in [0, 0.1) is 5.92 Å². The zero-order chi connectivity index (χ0) is 10.4. The van der Waals surface area contributed by atoms with Crippen molar-refractivity contribution in [3.63, 3.8) is 0 Å². The first kappa shape index (κ1) is 8.57. The lowest BCUT2D eigenvalue weighted by Crippen LogP contribution is -2.40. The predicted molar refractivity (Wildman–Crippen MR) is 66.1 cm³/mol. The molecule has 2 saturated carbocycles. The molecule has 0 amide bonds. The Morgan fingerprint density at radius 1 is 1.13 bits per heavy atom. The highest BCUT2D eigenvalue weighted by atomic mass is 28.3. The third-order valence-corrected chi connectivity index (χ3v) is 9.16. The number of rotatable bonds is 1. The molecule has 0 aromatic heterocycles. The first-order valence-corrected chi connectivity index (χ1v) is 9.66. The lowest BCUT2D eigenvalue weighted by Gasteiger charge is -2.45. The standard InChI is InChI=1S/C14H18Si/c1-15(2,3)14-8-11-9-6-4-5-7-10(9)12(14)13(11)14/h4-7,11-13H,8H2,1-3H3/t11-,12+,13+,14-/m1/s1. The van der Waals surface area contributed by atoms with Crippen molar-refractivity contribution in [2.24, 2.45) is 5.92 Å². The second-order valence-corrected chi connectivity index (χ2v) is 12.2. The van der Waals surface area contributed by atoms with Crippen LogP contribution in [-0.4, -0.2) is 8.07 Å². The van der Waals surface area contributed by atoms with Crippen molar-refractivity contribution in [3.8, 4) is 0 Å². The molecule has 0 spiro atoms. The van der Waals surface area contributed by atoms with Gasteiger partial charge in [0, 0.05) is 0 Å². The number of hydrogen-bond donors (Lipinski definition) is 0. The fourth-order valence-corrected chi connectivity index (χ4v) is 8.22. The summed E-state index contributed by atoms with van der Waals surface area (Å²) >= 11 is 0. The van der Waals surface area contributed by atoms with Gasteiger partial charge in [-0.1, -0.05) is 43.9 Å². The minimum atomic E-state index is -0.946. The highest BCUT2D eigenvalue weighted by Crippen LogP contribution is 2.94. The van der Waals surface area contributed by atoms with Crippen LogP contribution in [0.4, 0.5) is 0 Å². The lowest BCUT2D eigenvalue weighted by atomic mass is 9.77. The van der Waals surface area contributed by atoms with Crippen LogP contribution in [0.1, 0.15) is 29.4 Å². The van der Waals surface area contributed by atoms with E-state index in [1.807, 2.05) is 0 Å². The predicted octanol–water partition coefficient (Wildman–Crippen LogP) is 3.98. The summed E-state index contributed by atoms with van der Waals surface area (Å²) < 4.78 is 0. The van der Waals surface area contributed by atoms with Gasteiger partial charge < -0.3 is 0 Å². The van der Waals surface area contributed by atoms with E-state index in [1.54, 1.807) is 11.1 Å². The molecule has 1 aromatic rings. The van der Waals surface area contributed by atoms with E-state index in [0.717, 1.165) is 22.8 Å². The second-order valence-electron chi connectivity index (χ2n) is 6.73. The first-order valence-electron chi connectivity index (χ1n) is 6.16. The van der Waals surface area contributed by atoms with Gasteiger partial charge in [0.1, 0.15) is 0 Å². The summed E-state index contributed by atoms with van der Waals surface area (Å²) in [5, 5.41) is 0.825. The van der Waals surface area contributed by atoms with Crippen LogP contribution >= 0.6 is 0 Å². The quantitative estimate of drug-likeness (QED) is 0.620. The summed E-state index contributed by atoms with van der Waals surface area (Å²) in [6.07, 6.45) is 1.52. The van der Waals surface area contributed by atoms with E-state index in [1.165, 1.54) is 6.42 Å². The molecule has 4 rings (SSSR count). The Hall–Kier alpha value is -0.563. The third kappa shape index (κ3) is 0.691. The van der Waals surface area contributed by atoms with E-state index in [2.05, 4.69) is 43.9 Å². The number of benzene rings is 1. The molecule has 4 atom stereocenters. The molecule has 1 aromatic carbocycles. The molecule has 0 N–H and O–H groups in total. The minimum absolute atomic E-state index is 0.825. The van der Waals surface area contributed by atoms with Gasteiger partial charge in [-0.2, -0.15) is 0 Å². The number of hydrogen-bond acceptors (Lipinski definition) is 0. The Bertz CT molecular complexity index is 457. The Morgan fingerprint density at radius 2 is 1.80 bits per heavy atom. The van der Waals surface area contributed by atoms with E-state index >= 15 is 0 Å². The molecule has 15 heavy (non-hydrogen) atoms. The molecule has 0 aliphatic heterocycles. The Balaban J connectivity index is 1.86. The van der Waals surface area contributed by atoms with Gasteiger partial charge in [0.25, 0.3) is 0 Å². The minimum Gasteiger partial charge on any atom is -0.0691 e. The summed E-state index contributed by atoms with van der Waals surface area (Å²) in [6, 6.07) is 9.23. The van der Waals surface area contributed by atoms with Crippen molar-refractivity contribution in [1.29, 1.82) is 0 Å². The maximum absolute atomic E-state index is 2.57. The maximum Gasteiger partial charge on any atom is 0.0517 e. The first-order chi connectivity index (χ1) is 7.07. The van der Waals surface area contributed by atoms with Crippen LogP contribution in [0.5, 0.6) is 0 Å². The molecule has 1 heteroatoms. The van der Waals surface area contributed by atoms with Crippen LogP contribution in [0.15, 0.2) is 24.3 Å². The Labute approximate surface area is 92.7 Å². The van der Waals surface area contributed by atoms with E-state index in [0.29, 0.717) is 0 Å². The summed E-state index contributed by atoms with van der Waals surface area (Å²) in [4.78, 5) is 0. The Morgan fingerprint density at radius 3 is 2.47 bits per heavy atom. The largest absolute Gasteiger partial charge is 0.0691 e. The van der Waals surface area contributed by atoms with Crippen molar-refractivity contribution in [2.75, 3.05) is 0 Å². The van der Waals surface area contributed by atoms with Gasteiger partial charge in [-0.15, -0.1) is 0 Å². The van der Waals surface area contributed by atoms with Crippen LogP contribution < -0.4 is 0 Å². The zero-order valence-corrected chi connectivity index (χ0v) is 10.7. The summed E-state index contributed by atoms with van der Waals surface area (Å²) in [5.41, 5.74) is 3.42. The smallest absolute Gasteiger partial charge is 0.0517 e. The van der Waals surface area contributed by atoms with Gasteiger partial charge >= 0.3 is 0 Å². The summed E-state index contributed by atoms with van der Waals surface area (Å²) in [7, 11) is -0.946. The van der Waals surface area contributed by atoms with Crippen LogP contribution in [0.2, 0.25) is 24.7 Å². The van der Waals surface area contributed by atoms with Crippen molar-refractivity contribution in [2.45, 2.75) is 42.9 Å². The topological polar surface area (TPSA) is 0 Å². The van der Waals surface area contributed by atoms with Crippen molar-refractivity contribution >= 4 is 8.07 Å². The maximum atomic E-state index is 2.57. The van der Waals surface area contributed by atoms with E-state index in [4.69, 9.17) is 0 Å². The summed E-state index contributed by atoms with van der Waals surface area (Å²) in [6.45, 7) is 7.72. The molecule has 78 valence electrons. The van der Waals surface area contributed by atoms with Crippen molar-refractivity contribution in [3.05, 3.63) is 35.4 Å². The normalized spacial score (nSPS) is 44.3. The fraction of sp³-hybridized carbons (Fsp3) is 0.571. The van der Waals surface area contributed by atoms with Crippen LogP contribution in [0.3, 0.4) is 0 Å². The summed E-state index contributed by atoms with van der Waals surface area (Å²) in [5.74, 6) is 3.00. The van der Waals surface area contributed by atoms with E-state index in [-0.39, 0.29) is 0 Å². The zero-order valence-electron chi connectivity index (χ0n) is 9.75. The molecular formula is C14H18Si. The molecular weight excluding hydrogens is 196 g/mol. The van der Waals surface area contributed by atoms with Gasteiger partial charge in [0.15, 0.2) is 0 Å². The molecule has 3 aliphatic carbocycles. The van der Waals surface area contributed by atoms with Gasteiger partial charge in [-0.05, 0) is 40.3 Å². The molecule has 0 bridgehead atoms. The highest BCUT2D eigenvalue weighted by Gasteiger charge is 2.82. The third-order valence-electron chi connectivity index (χ3n) is 5.52. The van der Waals surface area contributed by atoms with Crippen molar-refractivity contribution in [1.82, 2.24) is 0 Å². The molecule has 0 radical (unpaired) electrons. The van der Waals surface area contributed by atoms with E-state index < -0.39 is 8.07 Å². The fourth-order valence-electron chi connectivity index (χ4n) is 4.83. The van der Waals surface area contributed by atoms with E-state index in [9.17, 15) is 0 Å². The van der Waals surface area contributed by atoms with Crippen LogP contribution in [-0.2, 0) is 0 Å². The highest BCUT2D eigenvalue weighted by molar-refractivity contribution is 6.80. The number of fused-ring (bicyclic) bond motifs is 4. The average molecular weight is 214 g/mol. The van der Waals surface area contributed by atoms with Gasteiger partial charge in [-0.3, -0.25) is 0 Å². The molecule has 0 nitrogen and oxygen atoms in total. The second kappa shape index (κ2) is 2.10. The van der Waals surface area contributed by atoms with Gasteiger partial charge in [0.05, 0.1) is 8.07 Å². The molecule has 3 aliphatic rings. The average Bonchev–Trinajstić information content (AvgIpc) is 2.57. The molecule has 0 saturated heterocycles. The SMILES string of the molecule is C[Si](C)(C)[C@]12C[C@@H]3c4ccccc4[C@H]1[C@H]32. The van der Waals surface area contributed by atoms with Gasteiger partial charge in [-0.25, -0.2) is 0 Å². The van der Waals surface area contributed by atoms with Crippen molar-refractivity contribution < 1.29 is 0 Å². The lowest BCUT2D eigenvalue weighted by molar-refractivity contribution is 0.391. The monoisotopic (exact) mass is 214 g/mol. The molecule has 0 heterocycles. The molecule has 0 unspecified atom stereocenters. The molecule has 2 fully saturated rings.